The van der Waals surface area contributed by atoms with Crippen LogP contribution in [0.15, 0.2) is 42.5 Å². The Balaban J connectivity index is 1.22. The first-order valence-electron chi connectivity index (χ1n) is 14.1. The summed E-state index contributed by atoms with van der Waals surface area (Å²) in [5, 5.41) is 3.81. The van der Waals surface area contributed by atoms with Crippen molar-refractivity contribution in [2.24, 2.45) is 5.41 Å². The molecule has 1 fully saturated rings. The number of aromatic nitrogens is 1. The maximum atomic E-state index is 13.7. The summed E-state index contributed by atoms with van der Waals surface area (Å²) in [5.74, 6) is 0.0134. The Morgan fingerprint density at radius 3 is 2.37 bits per heavy atom. The number of fused-ring (bicyclic) bond motifs is 2. The van der Waals surface area contributed by atoms with Gasteiger partial charge in [-0.2, -0.15) is 0 Å². The lowest BCUT2D eigenvalue weighted by Gasteiger charge is -2.32. The van der Waals surface area contributed by atoms with Gasteiger partial charge in [0.15, 0.2) is 6.61 Å². The van der Waals surface area contributed by atoms with E-state index in [9.17, 15) is 14.4 Å². The van der Waals surface area contributed by atoms with Crippen molar-refractivity contribution in [1.82, 2.24) is 20.1 Å². The number of piperazine rings is 1. The number of carbonyl (C=O) groups excluding carboxylic acids is 3. The molecule has 218 valence electrons. The molecular weight excluding hydrogens is 540 g/mol. The average molecular weight is 579 g/mol. The van der Waals surface area contributed by atoms with Gasteiger partial charge in [0.25, 0.3) is 5.91 Å². The van der Waals surface area contributed by atoms with Crippen LogP contribution in [-0.2, 0) is 38.5 Å². The number of nitrogens with one attached hydrogen (secondary N) is 1. The second-order valence-electron chi connectivity index (χ2n) is 12.1. The number of nitrogens with zero attached hydrogens (tertiary/aromatic N) is 3. The highest BCUT2D eigenvalue weighted by Gasteiger charge is 2.46. The van der Waals surface area contributed by atoms with E-state index in [2.05, 4.69) is 17.3 Å². The van der Waals surface area contributed by atoms with Crippen molar-refractivity contribution < 1.29 is 23.9 Å². The molecule has 10 heteroatoms. The van der Waals surface area contributed by atoms with E-state index in [0.29, 0.717) is 31.7 Å². The highest BCUT2D eigenvalue weighted by Crippen LogP contribution is 2.41. The number of ether oxygens (including phenoxy) is 2. The molecule has 1 saturated heterocycles. The van der Waals surface area contributed by atoms with Crippen LogP contribution >= 0.6 is 11.3 Å². The highest BCUT2D eigenvalue weighted by atomic mass is 32.1. The van der Waals surface area contributed by atoms with E-state index in [1.165, 1.54) is 11.3 Å². The van der Waals surface area contributed by atoms with Gasteiger partial charge in [-0.05, 0) is 63.9 Å². The van der Waals surface area contributed by atoms with E-state index >= 15 is 0 Å². The zero-order chi connectivity index (χ0) is 29.2. The van der Waals surface area contributed by atoms with Crippen molar-refractivity contribution in [3.05, 3.63) is 58.6 Å². The Bertz CT molecular complexity index is 1410. The number of thiazole rings is 1. The molecule has 1 aliphatic carbocycles. The first-order valence-corrected chi connectivity index (χ1v) is 14.9. The Morgan fingerprint density at radius 1 is 1.02 bits per heavy atom. The quantitative estimate of drug-likeness (QED) is 0.408. The first-order chi connectivity index (χ1) is 19.5. The van der Waals surface area contributed by atoms with Crippen LogP contribution in [-0.4, -0.2) is 78.0 Å². The molecule has 0 spiro atoms. The maximum Gasteiger partial charge on any atom is 0.307 e. The number of benzene rings is 2. The van der Waals surface area contributed by atoms with Gasteiger partial charge in [0.1, 0.15) is 16.4 Å². The molecule has 9 nitrogen and oxygen atoms in total. The minimum Gasteiger partial charge on any atom is -0.484 e. The third kappa shape index (κ3) is 7.05. The van der Waals surface area contributed by atoms with E-state index in [1.807, 2.05) is 68.1 Å². The molecule has 0 bridgehead atoms. The monoisotopic (exact) mass is 578 g/mol. The third-order valence-corrected chi connectivity index (χ3v) is 8.62. The van der Waals surface area contributed by atoms with Gasteiger partial charge >= 0.3 is 5.97 Å². The molecule has 2 aliphatic rings. The molecule has 41 heavy (non-hydrogen) atoms. The molecule has 0 unspecified atom stereocenters. The van der Waals surface area contributed by atoms with Crippen LogP contribution in [0.5, 0.6) is 5.75 Å². The van der Waals surface area contributed by atoms with Gasteiger partial charge in [0.2, 0.25) is 5.91 Å². The van der Waals surface area contributed by atoms with E-state index in [-0.39, 0.29) is 37.4 Å². The summed E-state index contributed by atoms with van der Waals surface area (Å²) >= 11 is 1.49. The summed E-state index contributed by atoms with van der Waals surface area (Å²) in [6.07, 6.45) is 0.988. The summed E-state index contributed by atoms with van der Waals surface area (Å²) in [6, 6.07) is 13.5. The van der Waals surface area contributed by atoms with Crippen molar-refractivity contribution in [1.29, 1.82) is 0 Å². The number of hydrogen-bond donors (Lipinski definition) is 1. The minimum absolute atomic E-state index is 0.00953. The summed E-state index contributed by atoms with van der Waals surface area (Å²) < 4.78 is 12.3. The van der Waals surface area contributed by atoms with Crippen LogP contribution in [0.4, 0.5) is 0 Å². The largest absolute Gasteiger partial charge is 0.484 e. The molecule has 0 radical (unpaired) electrons. The van der Waals surface area contributed by atoms with E-state index in [1.54, 1.807) is 0 Å². The Kier molecular flexibility index (Phi) is 8.33. The van der Waals surface area contributed by atoms with Gasteiger partial charge in [-0.15, -0.1) is 11.3 Å². The van der Waals surface area contributed by atoms with Crippen LogP contribution in [0.2, 0.25) is 0 Å². The van der Waals surface area contributed by atoms with Crippen molar-refractivity contribution in [2.75, 3.05) is 39.8 Å². The molecule has 0 saturated carbocycles. The third-order valence-electron chi connectivity index (χ3n) is 7.58. The highest BCUT2D eigenvalue weighted by molar-refractivity contribution is 7.18. The Labute approximate surface area is 244 Å². The maximum absolute atomic E-state index is 13.7. The van der Waals surface area contributed by atoms with Crippen molar-refractivity contribution in [3.8, 4) is 5.75 Å². The molecule has 1 N–H and O–H groups in total. The summed E-state index contributed by atoms with van der Waals surface area (Å²) in [5.41, 5.74) is 1.40. The molecule has 2 heterocycles. The zero-order valence-corrected chi connectivity index (χ0v) is 25.0. The smallest absolute Gasteiger partial charge is 0.307 e. The molecule has 5 rings (SSSR count). The van der Waals surface area contributed by atoms with Crippen molar-refractivity contribution >= 4 is 39.3 Å². The minimum atomic E-state index is -0.903. The molecule has 3 aromatic rings. The SMILES string of the molecule is CN1CCN(C(=O)COc2ccc3sc(CNC(=O)C4(CC(=O)OC(C)(C)C)Cc5ccccc5C4)nc3c2)CC1. The number of hydrogen-bond acceptors (Lipinski definition) is 8. The number of amides is 2. The zero-order valence-electron chi connectivity index (χ0n) is 24.2. The summed E-state index contributed by atoms with van der Waals surface area (Å²) in [4.78, 5) is 47.8. The molecule has 1 aromatic heterocycles. The summed E-state index contributed by atoms with van der Waals surface area (Å²) in [7, 11) is 2.05. The van der Waals surface area contributed by atoms with Crippen LogP contribution in [0.25, 0.3) is 10.2 Å². The second-order valence-corrected chi connectivity index (χ2v) is 13.2. The fraction of sp³-hybridized carbons (Fsp3) is 0.484. The number of esters is 1. The molecular formula is C31H38N4O5S. The van der Waals surface area contributed by atoms with Gasteiger partial charge in [0.05, 0.1) is 28.6 Å². The Hall–Kier alpha value is -3.50. The molecule has 1 aliphatic heterocycles. The predicted molar refractivity (Wildman–Crippen MR) is 158 cm³/mol. The lowest BCUT2D eigenvalue weighted by molar-refractivity contribution is -0.160. The second kappa shape index (κ2) is 11.8. The molecule has 0 atom stereocenters. The predicted octanol–water partition coefficient (Wildman–Crippen LogP) is 3.58. The van der Waals surface area contributed by atoms with Gasteiger partial charge in [-0.3, -0.25) is 14.4 Å². The van der Waals surface area contributed by atoms with E-state index in [0.717, 1.165) is 39.4 Å². The van der Waals surface area contributed by atoms with E-state index in [4.69, 9.17) is 14.5 Å². The number of likely N-dealkylation sites (N-methyl/N-ethyl adjacent to an activating group) is 1. The van der Waals surface area contributed by atoms with Crippen LogP contribution in [0.1, 0.15) is 43.3 Å². The van der Waals surface area contributed by atoms with Gasteiger partial charge in [-0.1, -0.05) is 24.3 Å². The fourth-order valence-electron chi connectivity index (χ4n) is 5.47. The topological polar surface area (TPSA) is 101 Å². The summed E-state index contributed by atoms with van der Waals surface area (Å²) in [6.45, 7) is 8.89. The van der Waals surface area contributed by atoms with Crippen LogP contribution in [0.3, 0.4) is 0 Å². The number of carbonyl (C=O) groups is 3. The van der Waals surface area contributed by atoms with Gasteiger partial charge in [-0.25, -0.2) is 4.98 Å². The molecule has 2 aromatic carbocycles. The average Bonchev–Trinajstić information content (AvgIpc) is 3.50. The molecule has 2 amide bonds. The van der Waals surface area contributed by atoms with Crippen LogP contribution < -0.4 is 10.1 Å². The van der Waals surface area contributed by atoms with E-state index < -0.39 is 11.0 Å². The van der Waals surface area contributed by atoms with Gasteiger partial charge < -0.3 is 24.6 Å². The normalized spacial score (nSPS) is 16.8. The van der Waals surface area contributed by atoms with Crippen molar-refractivity contribution in [3.63, 3.8) is 0 Å². The van der Waals surface area contributed by atoms with Gasteiger partial charge in [0, 0.05) is 32.2 Å². The van der Waals surface area contributed by atoms with Crippen molar-refractivity contribution in [2.45, 2.75) is 52.2 Å². The lowest BCUT2D eigenvalue weighted by Crippen LogP contribution is -2.48. The lowest BCUT2D eigenvalue weighted by atomic mass is 9.80. The Morgan fingerprint density at radius 2 is 1.71 bits per heavy atom. The van der Waals surface area contributed by atoms with Crippen LogP contribution in [0, 0.1) is 5.41 Å². The standard InChI is InChI=1S/C31H38N4O5S/c1-30(2,3)40-28(37)18-31(16-21-7-5-6-8-22(21)17-31)29(38)32-19-26-33-24-15-23(9-10-25(24)41-26)39-20-27(36)35-13-11-34(4)12-14-35/h5-10,15H,11-14,16-20H2,1-4H3,(H,32,38). The fourth-order valence-corrected chi connectivity index (χ4v) is 6.36. The number of rotatable bonds is 8. The first kappa shape index (κ1) is 29.0.